The van der Waals surface area contributed by atoms with Gasteiger partial charge in [-0.3, -0.25) is 4.79 Å². The zero-order valence-corrected chi connectivity index (χ0v) is 20.4. The smallest absolute Gasteiger partial charge is 0.334 e. The first-order valence-corrected chi connectivity index (χ1v) is 13.1. The summed E-state index contributed by atoms with van der Waals surface area (Å²) in [4.78, 5) is 24.3. The lowest BCUT2D eigenvalue weighted by atomic mass is 9.84. The highest BCUT2D eigenvalue weighted by atomic mass is 16.6. The number of hydrogen-bond donors (Lipinski definition) is 1. The standard InChI is InChI=1S/C27H43NO5/c1-20-22-16-15-21(13-12-17-27(2)25(33-27)24(22)32-26(20)30)19-31-23(29)14-10-8-6-4-3-5-7-9-11-18-28/h13,22,24-25H,1,3-12,14-19,28H2,2H3/b21-13+/t22-,24-,25-,27+/m0/s1. The average molecular weight is 462 g/mol. The van der Waals surface area contributed by atoms with Crippen LogP contribution in [-0.2, 0) is 23.8 Å². The summed E-state index contributed by atoms with van der Waals surface area (Å²) in [5.74, 6) is -0.443. The summed E-state index contributed by atoms with van der Waals surface area (Å²) in [7, 11) is 0. The minimum absolute atomic E-state index is 0.0258. The summed E-state index contributed by atoms with van der Waals surface area (Å²) in [6, 6.07) is 0. The number of rotatable bonds is 13. The molecule has 6 heteroatoms. The Labute approximate surface area is 199 Å². The van der Waals surface area contributed by atoms with Crippen molar-refractivity contribution in [3.05, 3.63) is 23.8 Å². The van der Waals surface area contributed by atoms with Gasteiger partial charge in [0.1, 0.15) is 18.8 Å². The van der Waals surface area contributed by atoms with Gasteiger partial charge in [-0.1, -0.05) is 57.6 Å². The molecule has 6 nitrogen and oxygen atoms in total. The molecule has 0 aromatic heterocycles. The van der Waals surface area contributed by atoms with Crippen LogP contribution in [-0.4, -0.2) is 42.9 Å². The van der Waals surface area contributed by atoms with Crippen molar-refractivity contribution in [3.8, 4) is 0 Å². The molecule has 0 unspecified atom stereocenters. The summed E-state index contributed by atoms with van der Waals surface area (Å²) in [6.45, 7) is 7.18. The van der Waals surface area contributed by atoms with Crippen LogP contribution in [0.4, 0.5) is 0 Å². The molecule has 2 heterocycles. The topological polar surface area (TPSA) is 91.2 Å². The fourth-order valence-electron chi connectivity index (χ4n) is 5.15. The van der Waals surface area contributed by atoms with E-state index in [-0.39, 0.29) is 35.7 Å². The number of fused-ring (bicyclic) bond motifs is 3. The van der Waals surface area contributed by atoms with Crippen molar-refractivity contribution in [1.29, 1.82) is 0 Å². The van der Waals surface area contributed by atoms with Crippen LogP contribution in [0, 0.1) is 5.92 Å². The van der Waals surface area contributed by atoms with Gasteiger partial charge in [0, 0.05) is 17.9 Å². The third-order valence-corrected chi connectivity index (χ3v) is 7.44. The molecule has 3 aliphatic rings. The number of carbonyl (C=O) groups is 2. The van der Waals surface area contributed by atoms with Crippen molar-refractivity contribution >= 4 is 11.9 Å². The molecule has 2 saturated heterocycles. The predicted octanol–water partition coefficient (Wildman–Crippen LogP) is 5.15. The Morgan fingerprint density at radius 3 is 2.52 bits per heavy atom. The molecule has 2 N–H and O–H groups in total. The number of nitrogens with two attached hydrogens (primary N) is 1. The maximum Gasteiger partial charge on any atom is 0.334 e. The Hall–Kier alpha value is -1.66. The SMILES string of the molecule is C=C1C(=O)O[C@H]2[C@H]1CC/C(COC(=O)CCCCCCCCCCCN)=C\CC[C@@]1(C)O[C@@H]21. The number of ether oxygens (including phenoxy) is 3. The van der Waals surface area contributed by atoms with E-state index in [4.69, 9.17) is 19.9 Å². The van der Waals surface area contributed by atoms with Crippen LogP contribution in [0.1, 0.15) is 96.8 Å². The molecule has 2 fully saturated rings. The van der Waals surface area contributed by atoms with Gasteiger partial charge >= 0.3 is 11.9 Å². The highest BCUT2D eigenvalue weighted by Gasteiger charge is 2.61. The van der Waals surface area contributed by atoms with E-state index in [1.165, 1.54) is 38.5 Å². The molecule has 0 radical (unpaired) electrons. The summed E-state index contributed by atoms with van der Waals surface area (Å²) in [5, 5.41) is 0. The van der Waals surface area contributed by atoms with Gasteiger partial charge in [-0.2, -0.15) is 0 Å². The maximum absolute atomic E-state index is 12.2. The lowest BCUT2D eigenvalue weighted by Gasteiger charge is -2.20. The Morgan fingerprint density at radius 2 is 1.82 bits per heavy atom. The second-order valence-electron chi connectivity index (χ2n) is 10.2. The quantitative estimate of drug-likeness (QED) is 0.134. The van der Waals surface area contributed by atoms with E-state index >= 15 is 0 Å². The molecule has 33 heavy (non-hydrogen) atoms. The van der Waals surface area contributed by atoms with E-state index in [9.17, 15) is 9.59 Å². The van der Waals surface area contributed by atoms with Gasteiger partial charge in [0.05, 0.1) is 5.60 Å². The van der Waals surface area contributed by atoms with E-state index in [1.807, 2.05) is 0 Å². The second-order valence-corrected chi connectivity index (χ2v) is 10.2. The number of carbonyl (C=O) groups excluding carboxylic acids is 2. The first-order chi connectivity index (χ1) is 15.9. The number of allylic oxidation sites excluding steroid dienone is 1. The molecule has 0 aromatic carbocycles. The Balaban J connectivity index is 1.33. The molecule has 186 valence electrons. The Kier molecular flexibility index (Phi) is 9.99. The minimum Gasteiger partial charge on any atom is -0.461 e. The number of unbranched alkanes of at least 4 members (excludes halogenated alkanes) is 8. The summed E-state index contributed by atoms with van der Waals surface area (Å²) < 4.78 is 17.1. The fraction of sp³-hybridized carbons (Fsp3) is 0.778. The molecular formula is C27H43NO5. The van der Waals surface area contributed by atoms with Crippen LogP contribution < -0.4 is 5.73 Å². The zero-order chi connectivity index (χ0) is 23.7. The average Bonchev–Trinajstić information content (AvgIpc) is 3.38. The summed E-state index contributed by atoms with van der Waals surface area (Å²) >= 11 is 0. The van der Waals surface area contributed by atoms with Crippen molar-refractivity contribution in [2.75, 3.05) is 13.2 Å². The van der Waals surface area contributed by atoms with E-state index < -0.39 is 0 Å². The zero-order valence-electron chi connectivity index (χ0n) is 20.4. The van der Waals surface area contributed by atoms with Crippen molar-refractivity contribution in [2.45, 2.75) is 115 Å². The summed E-state index contributed by atoms with van der Waals surface area (Å²) in [5.41, 5.74) is 6.93. The van der Waals surface area contributed by atoms with E-state index in [0.29, 0.717) is 18.6 Å². The minimum atomic E-state index is -0.300. The number of hydrogen-bond acceptors (Lipinski definition) is 6. The number of epoxide rings is 1. The highest BCUT2D eigenvalue weighted by Crippen LogP contribution is 2.49. The number of esters is 2. The predicted molar refractivity (Wildman–Crippen MR) is 129 cm³/mol. The molecule has 2 aliphatic heterocycles. The molecule has 0 bridgehead atoms. The van der Waals surface area contributed by atoms with Crippen molar-refractivity contribution < 1.29 is 23.8 Å². The van der Waals surface area contributed by atoms with E-state index in [0.717, 1.165) is 57.1 Å². The van der Waals surface area contributed by atoms with Gasteiger partial charge in [0.2, 0.25) is 0 Å². The molecule has 0 saturated carbocycles. The summed E-state index contributed by atoms with van der Waals surface area (Å²) in [6.07, 6.45) is 16.3. The normalized spacial score (nSPS) is 30.6. The fourth-order valence-corrected chi connectivity index (χ4v) is 5.15. The third kappa shape index (κ3) is 7.68. The van der Waals surface area contributed by atoms with Crippen molar-refractivity contribution in [1.82, 2.24) is 0 Å². The molecule has 4 atom stereocenters. The highest BCUT2D eigenvalue weighted by molar-refractivity contribution is 5.91. The lowest BCUT2D eigenvalue weighted by Crippen LogP contribution is -2.29. The van der Waals surface area contributed by atoms with Crippen LogP contribution in [0.2, 0.25) is 0 Å². The van der Waals surface area contributed by atoms with E-state index in [1.54, 1.807) is 0 Å². The molecule has 0 aromatic rings. The van der Waals surface area contributed by atoms with Crippen LogP contribution in [0.5, 0.6) is 0 Å². The molecule has 1 aliphatic carbocycles. The third-order valence-electron chi connectivity index (χ3n) is 7.44. The first kappa shape index (κ1) is 26.0. The van der Waals surface area contributed by atoms with Gasteiger partial charge in [-0.15, -0.1) is 0 Å². The van der Waals surface area contributed by atoms with Crippen LogP contribution in [0.25, 0.3) is 0 Å². The molecule has 0 spiro atoms. The van der Waals surface area contributed by atoms with Crippen molar-refractivity contribution in [3.63, 3.8) is 0 Å². The van der Waals surface area contributed by atoms with Gasteiger partial charge in [0.25, 0.3) is 0 Å². The second kappa shape index (κ2) is 12.7. The molecule has 3 rings (SSSR count). The Morgan fingerprint density at radius 1 is 1.15 bits per heavy atom. The van der Waals surface area contributed by atoms with Gasteiger partial charge < -0.3 is 19.9 Å². The van der Waals surface area contributed by atoms with Gasteiger partial charge in [0.15, 0.2) is 0 Å². The first-order valence-electron chi connectivity index (χ1n) is 13.1. The van der Waals surface area contributed by atoms with Gasteiger partial charge in [-0.05, 0) is 57.6 Å². The van der Waals surface area contributed by atoms with Crippen LogP contribution in [0.3, 0.4) is 0 Å². The van der Waals surface area contributed by atoms with Crippen LogP contribution >= 0.6 is 0 Å². The van der Waals surface area contributed by atoms with Crippen molar-refractivity contribution in [2.24, 2.45) is 11.7 Å². The van der Waals surface area contributed by atoms with Crippen LogP contribution in [0.15, 0.2) is 23.8 Å². The largest absolute Gasteiger partial charge is 0.461 e. The van der Waals surface area contributed by atoms with Gasteiger partial charge in [-0.25, -0.2) is 4.79 Å². The van der Waals surface area contributed by atoms with E-state index in [2.05, 4.69) is 19.6 Å². The Bertz CT molecular complexity index is 717. The maximum atomic E-state index is 12.2. The lowest BCUT2D eigenvalue weighted by molar-refractivity contribution is -0.143. The molecular weight excluding hydrogens is 418 g/mol. The molecule has 0 amide bonds. The monoisotopic (exact) mass is 461 g/mol.